The van der Waals surface area contributed by atoms with Crippen LogP contribution in [-0.2, 0) is 20.0 Å². The number of nitrogens with one attached hydrogen (secondary N) is 2. The Morgan fingerprint density at radius 3 is 1.71 bits per heavy atom. The first-order valence-electron chi connectivity index (χ1n) is 7.83. The van der Waals surface area contributed by atoms with Crippen LogP contribution in [-0.4, -0.2) is 16.8 Å². The summed E-state index contributed by atoms with van der Waals surface area (Å²) in [5, 5.41) is 0.0821. The van der Waals surface area contributed by atoms with Crippen molar-refractivity contribution in [2.75, 3.05) is 9.44 Å². The smallest absolute Gasteiger partial charge is 0.263 e. The second kappa shape index (κ2) is 7.78. The number of anilines is 2. The predicted molar refractivity (Wildman–Crippen MR) is 106 cm³/mol. The molecule has 10 heteroatoms. The van der Waals surface area contributed by atoms with Gasteiger partial charge in [0.15, 0.2) is 0 Å². The van der Waals surface area contributed by atoms with Crippen molar-refractivity contribution in [3.63, 3.8) is 0 Å². The van der Waals surface area contributed by atoms with Crippen LogP contribution in [0.25, 0.3) is 0 Å². The third-order valence-corrected chi connectivity index (χ3v) is 6.92. The Kier molecular flexibility index (Phi) is 5.59. The van der Waals surface area contributed by atoms with Gasteiger partial charge in [0.05, 0.1) is 9.92 Å². The largest absolute Gasteiger partial charge is 0.280 e. The van der Waals surface area contributed by atoms with E-state index in [2.05, 4.69) is 9.44 Å². The van der Waals surface area contributed by atoms with Gasteiger partial charge in [-0.1, -0.05) is 23.7 Å². The van der Waals surface area contributed by atoms with Crippen molar-refractivity contribution in [3.05, 3.63) is 83.6 Å². The summed E-state index contributed by atoms with van der Waals surface area (Å²) in [7, 11) is -7.79. The number of sulfonamides is 2. The van der Waals surface area contributed by atoms with Crippen LogP contribution in [0.4, 0.5) is 15.8 Å². The molecule has 0 unspecified atom stereocenters. The van der Waals surface area contributed by atoms with Crippen molar-refractivity contribution in [3.8, 4) is 0 Å². The van der Waals surface area contributed by atoms with Crippen LogP contribution in [0.3, 0.4) is 0 Å². The quantitative estimate of drug-likeness (QED) is 0.604. The first-order valence-corrected chi connectivity index (χ1v) is 11.2. The number of halogens is 2. The van der Waals surface area contributed by atoms with Crippen LogP contribution in [0.2, 0.25) is 5.02 Å². The molecule has 0 aromatic heterocycles. The van der Waals surface area contributed by atoms with Gasteiger partial charge in [-0.25, -0.2) is 21.2 Å². The average molecular weight is 441 g/mol. The summed E-state index contributed by atoms with van der Waals surface area (Å²) in [4.78, 5) is -0.171. The second-order valence-corrected chi connectivity index (χ2v) is 9.41. The van der Waals surface area contributed by atoms with Crippen molar-refractivity contribution >= 4 is 43.0 Å². The van der Waals surface area contributed by atoms with Gasteiger partial charge in [0.1, 0.15) is 10.7 Å². The minimum absolute atomic E-state index is 0.0715. The first-order chi connectivity index (χ1) is 13.2. The van der Waals surface area contributed by atoms with Gasteiger partial charge in [0, 0.05) is 11.4 Å². The molecule has 3 aromatic rings. The van der Waals surface area contributed by atoms with Gasteiger partial charge >= 0.3 is 0 Å². The van der Waals surface area contributed by atoms with Gasteiger partial charge in [0.25, 0.3) is 20.0 Å². The third-order valence-electron chi connectivity index (χ3n) is 3.64. The fourth-order valence-electron chi connectivity index (χ4n) is 2.31. The molecular weight excluding hydrogens is 427 g/mol. The molecule has 146 valence electrons. The van der Waals surface area contributed by atoms with Crippen LogP contribution in [0.5, 0.6) is 0 Å². The molecule has 28 heavy (non-hydrogen) atoms. The molecule has 2 N–H and O–H groups in total. The predicted octanol–water partition coefficient (Wildman–Crippen LogP) is 4.08. The molecule has 0 radical (unpaired) electrons. The molecule has 0 atom stereocenters. The molecule has 0 amide bonds. The van der Waals surface area contributed by atoms with Crippen molar-refractivity contribution in [2.45, 2.75) is 9.79 Å². The number of hydrogen-bond donors (Lipinski definition) is 2. The number of benzene rings is 3. The summed E-state index contributed by atoms with van der Waals surface area (Å²) >= 11 is 5.92. The van der Waals surface area contributed by atoms with Crippen molar-refractivity contribution in [1.82, 2.24) is 0 Å². The fraction of sp³-hybridized carbons (Fsp3) is 0. The zero-order chi connectivity index (χ0) is 20.4. The first kappa shape index (κ1) is 20.1. The van der Waals surface area contributed by atoms with Crippen LogP contribution in [0.1, 0.15) is 0 Å². The Morgan fingerprint density at radius 2 is 1.18 bits per heavy atom. The van der Waals surface area contributed by atoms with Crippen LogP contribution in [0.15, 0.2) is 82.6 Å². The van der Waals surface area contributed by atoms with Gasteiger partial charge in [-0.05, 0) is 60.7 Å². The summed E-state index contributed by atoms with van der Waals surface area (Å²) in [6.45, 7) is 0. The van der Waals surface area contributed by atoms with E-state index in [0.29, 0.717) is 0 Å². The van der Waals surface area contributed by atoms with E-state index in [9.17, 15) is 21.2 Å². The molecule has 0 heterocycles. The lowest BCUT2D eigenvalue weighted by atomic mass is 10.3. The minimum atomic E-state index is -3.90. The molecule has 6 nitrogen and oxygen atoms in total. The van der Waals surface area contributed by atoms with Crippen LogP contribution in [0, 0.1) is 5.82 Å². The molecule has 0 fully saturated rings. The van der Waals surface area contributed by atoms with E-state index in [-0.39, 0.29) is 26.2 Å². The third kappa shape index (κ3) is 4.61. The second-order valence-electron chi connectivity index (χ2n) is 5.67. The Morgan fingerprint density at radius 1 is 0.679 bits per heavy atom. The highest BCUT2D eigenvalue weighted by Gasteiger charge is 2.18. The summed E-state index contributed by atoms with van der Waals surface area (Å²) in [5.41, 5.74) is 0.440. The SMILES string of the molecule is O=S(=O)(Nc1ccc(NS(=O)(=O)c2ccccc2Cl)cc1)c1ccc(F)cc1. The lowest BCUT2D eigenvalue weighted by Gasteiger charge is -2.11. The Hall–Kier alpha value is -2.62. The van der Waals surface area contributed by atoms with Gasteiger partial charge in [-0.3, -0.25) is 9.44 Å². The Labute approximate surface area is 167 Å². The van der Waals surface area contributed by atoms with E-state index in [1.54, 1.807) is 12.1 Å². The van der Waals surface area contributed by atoms with E-state index < -0.39 is 25.9 Å². The van der Waals surface area contributed by atoms with Crippen LogP contribution < -0.4 is 9.44 Å². The highest BCUT2D eigenvalue weighted by molar-refractivity contribution is 7.93. The molecular formula is C18H14ClFN2O4S2. The van der Waals surface area contributed by atoms with Crippen molar-refractivity contribution in [2.24, 2.45) is 0 Å². The molecule has 0 bridgehead atoms. The summed E-state index contributed by atoms with van der Waals surface area (Å²) in [5.74, 6) is -0.547. The van der Waals surface area contributed by atoms with Gasteiger partial charge < -0.3 is 0 Å². The number of rotatable bonds is 6. The number of hydrogen-bond acceptors (Lipinski definition) is 4. The highest BCUT2D eigenvalue weighted by Crippen LogP contribution is 2.24. The monoisotopic (exact) mass is 440 g/mol. The minimum Gasteiger partial charge on any atom is -0.280 e. The summed E-state index contributed by atoms with van der Waals surface area (Å²) < 4.78 is 67.1. The van der Waals surface area contributed by atoms with Gasteiger partial charge in [-0.2, -0.15) is 0 Å². The molecule has 0 aliphatic carbocycles. The fourth-order valence-corrected chi connectivity index (χ4v) is 4.94. The molecule has 3 aromatic carbocycles. The highest BCUT2D eigenvalue weighted by atomic mass is 35.5. The normalized spacial score (nSPS) is 11.8. The van der Waals surface area contributed by atoms with Gasteiger partial charge in [0.2, 0.25) is 0 Å². The van der Waals surface area contributed by atoms with Crippen molar-refractivity contribution in [1.29, 1.82) is 0 Å². The zero-order valence-corrected chi connectivity index (χ0v) is 16.5. The lowest BCUT2D eigenvalue weighted by molar-refractivity contribution is 0.598. The Bertz CT molecular complexity index is 1200. The summed E-state index contributed by atoms with van der Waals surface area (Å²) in [6, 6.07) is 16.0. The van der Waals surface area contributed by atoms with Crippen LogP contribution >= 0.6 is 11.6 Å². The average Bonchev–Trinajstić information content (AvgIpc) is 2.63. The van der Waals surface area contributed by atoms with E-state index >= 15 is 0 Å². The van der Waals surface area contributed by atoms with E-state index in [1.807, 2.05) is 0 Å². The lowest BCUT2D eigenvalue weighted by Crippen LogP contribution is -2.14. The topological polar surface area (TPSA) is 92.3 Å². The van der Waals surface area contributed by atoms with Gasteiger partial charge in [-0.15, -0.1) is 0 Å². The van der Waals surface area contributed by atoms with E-state index in [4.69, 9.17) is 11.6 Å². The maximum absolute atomic E-state index is 12.9. The molecule has 0 saturated carbocycles. The maximum atomic E-state index is 12.9. The zero-order valence-electron chi connectivity index (χ0n) is 14.1. The molecule has 0 aliphatic heterocycles. The maximum Gasteiger partial charge on any atom is 0.263 e. The van der Waals surface area contributed by atoms with E-state index in [1.165, 1.54) is 36.4 Å². The molecule has 0 aliphatic rings. The summed E-state index contributed by atoms with van der Waals surface area (Å²) in [6.07, 6.45) is 0. The van der Waals surface area contributed by atoms with E-state index in [0.717, 1.165) is 24.3 Å². The molecule has 0 saturated heterocycles. The Balaban J connectivity index is 1.77. The molecule has 3 rings (SSSR count). The standard InChI is InChI=1S/C18H14ClFN2O4S2/c19-17-3-1-2-4-18(17)28(25,26)22-15-9-7-14(8-10-15)21-27(23,24)16-11-5-13(20)6-12-16/h1-12,21-22H. The van der Waals surface area contributed by atoms with Crippen molar-refractivity contribution < 1.29 is 21.2 Å². The molecule has 0 spiro atoms.